The second-order valence-electron chi connectivity index (χ2n) is 7.00. The highest BCUT2D eigenvalue weighted by molar-refractivity contribution is 6.32. The fraction of sp³-hybridized carbons (Fsp3) is 0.318. The number of ether oxygens (including phenoxy) is 2. The highest BCUT2D eigenvalue weighted by Gasteiger charge is 2.21. The zero-order valence-corrected chi connectivity index (χ0v) is 18.3. The van der Waals surface area contributed by atoms with Crippen LogP contribution >= 0.6 is 11.6 Å². The molecule has 0 bridgehead atoms. The number of hydrogen-bond donors (Lipinski definition) is 4. The number of nitrogens with two attached hydrogens (primary N) is 1. The van der Waals surface area contributed by atoms with E-state index in [0.717, 1.165) is 5.56 Å². The van der Waals surface area contributed by atoms with Gasteiger partial charge in [0.15, 0.2) is 0 Å². The molecule has 2 rings (SSSR count). The van der Waals surface area contributed by atoms with Crippen molar-refractivity contribution in [3.8, 4) is 5.75 Å². The predicted octanol–water partition coefficient (Wildman–Crippen LogP) is 1.54. The van der Waals surface area contributed by atoms with Crippen molar-refractivity contribution in [2.75, 3.05) is 13.7 Å². The number of rotatable bonds is 11. The van der Waals surface area contributed by atoms with Crippen molar-refractivity contribution < 1.29 is 29.0 Å². The fourth-order valence-corrected chi connectivity index (χ4v) is 3.09. The number of carbonyl (C=O) groups excluding carboxylic acids is 3. The molecule has 0 radical (unpaired) electrons. The fourth-order valence-electron chi connectivity index (χ4n) is 2.81. The SMILES string of the molecule is COc1ccc(C[C@@H](NC(=O)C[C@@H](O)CNC(=O)OCc2ccccc2)C(N)=O)cc1Cl. The quantitative estimate of drug-likeness (QED) is 0.398. The van der Waals surface area contributed by atoms with Gasteiger partial charge in [-0.3, -0.25) is 9.59 Å². The van der Waals surface area contributed by atoms with Crippen molar-refractivity contribution in [3.63, 3.8) is 0 Å². The Morgan fingerprint density at radius 1 is 1.12 bits per heavy atom. The van der Waals surface area contributed by atoms with E-state index in [1.807, 2.05) is 30.3 Å². The maximum Gasteiger partial charge on any atom is 0.407 e. The van der Waals surface area contributed by atoms with Crippen LogP contribution in [0.1, 0.15) is 17.5 Å². The predicted molar refractivity (Wildman–Crippen MR) is 118 cm³/mol. The number of methoxy groups -OCH3 is 1. The van der Waals surface area contributed by atoms with Crippen LogP contribution in [0.5, 0.6) is 5.75 Å². The van der Waals surface area contributed by atoms with E-state index in [4.69, 9.17) is 26.8 Å². The summed E-state index contributed by atoms with van der Waals surface area (Å²) in [6.45, 7) is -0.116. The molecule has 0 saturated heterocycles. The Morgan fingerprint density at radius 3 is 2.47 bits per heavy atom. The van der Waals surface area contributed by atoms with Crippen molar-refractivity contribution >= 4 is 29.5 Å². The molecule has 172 valence electrons. The molecule has 2 aromatic rings. The van der Waals surface area contributed by atoms with E-state index in [-0.39, 0.29) is 26.0 Å². The lowest BCUT2D eigenvalue weighted by Crippen LogP contribution is -2.47. The summed E-state index contributed by atoms with van der Waals surface area (Å²) in [6, 6.07) is 13.1. The van der Waals surface area contributed by atoms with Crippen LogP contribution in [0.3, 0.4) is 0 Å². The number of hydrogen-bond acceptors (Lipinski definition) is 6. The van der Waals surface area contributed by atoms with Crippen molar-refractivity contribution in [1.29, 1.82) is 0 Å². The third-order valence-electron chi connectivity index (χ3n) is 4.45. The maximum atomic E-state index is 12.2. The van der Waals surface area contributed by atoms with Crippen molar-refractivity contribution in [3.05, 3.63) is 64.7 Å². The van der Waals surface area contributed by atoms with E-state index in [1.54, 1.807) is 18.2 Å². The molecule has 0 unspecified atom stereocenters. The first kappa shape index (κ1) is 25.0. The van der Waals surface area contributed by atoms with Gasteiger partial charge in [-0.25, -0.2) is 4.79 Å². The van der Waals surface area contributed by atoms with Gasteiger partial charge in [0.1, 0.15) is 18.4 Å². The number of aliphatic hydroxyl groups is 1. The van der Waals surface area contributed by atoms with Gasteiger partial charge in [-0.15, -0.1) is 0 Å². The zero-order chi connectivity index (χ0) is 23.5. The Labute approximate surface area is 190 Å². The molecule has 0 fully saturated rings. The molecule has 0 saturated carbocycles. The zero-order valence-electron chi connectivity index (χ0n) is 17.5. The number of alkyl carbamates (subject to hydrolysis) is 1. The molecule has 3 amide bonds. The van der Waals surface area contributed by atoms with E-state index < -0.39 is 30.1 Å². The second-order valence-corrected chi connectivity index (χ2v) is 7.40. The number of amides is 3. The highest BCUT2D eigenvalue weighted by Crippen LogP contribution is 2.25. The lowest BCUT2D eigenvalue weighted by molar-refractivity contribution is -0.128. The smallest absolute Gasteiger partial charge is 0.407 e. The standard InChI is InChI=1S/C22H26ClN3O6/c1-31-19-8-7-15(9-17(19)23)10-18(21(24)29)26-20(28)11-16(27)12-25-22(30)32-13-14-5-3-2-4-6-14/h2-9,16,18,27H,10-13H2,1H3,(H2,24,29)(H,25,30)(H,26,28)/t16-,18-/m1/s1. The van der Waals surface area contributed by atoms with Gasteiger partial charge in [0.25, 0.3) is 0 Å². The lowest BCUT2D eigenvalue weighted by atomic mass is 10.0. The van der Waals surface area contributed by atoms with Gasteiger partial charge in [0.05, 0.1) is 24.7 Å². The van der Waals surface area contributed by atoms with E-state index in [1.165, 1.54) is 7.11 Å². The van der Waals surface area contributed by atoms with Crippen molar-refractivity contribution in [2.45, 2.75) is 31.6 Å². The summed E-state index contributed by atoms with van der Waals surface area (Å²) >= 11 is 6.08. The van der Waals surface area contributed by atoms with Crippen LogP contribution in [0.2, 0.25) is 5.02 Å². The van der Waals surface area contributed by atoms with Gasteiger partial charge in [0.2, 0.25) is 11.8 Å². The molecule has 0 spiro atoms. The monoisotopic (exact) mass is 463 g/mol. The van der Waals surface area contributed by atoms with Crippen LogP contribution < -0.4 is 21.1 Å². The third-order valence-corrected chi connectivity index (χ3v) is 4.75. The van der Waals surface area contributed by atoms with Crippen LogP contribution in [0.4, 0.5) is 4.79 Å². The van der Waals surface area contributed by atoms with Gasteiger partial charge >= 0.3 is 6.09 Å². The summed E-state index contributed by atoms with van der Waals surface area (Å²) in [6.07, 6.45) is -2.13. The average molecular weight is 464 g/mol. The number of halogens is 1. The minimum atomic E-state index is -1.18. The number of nitrogens with one attached hydrogen (secondary N) is 2. The Morgan fingerprint density at radius 2 is 1.84 bits per heavy atom. The first-order valence-electron chi connectivity index (χ1n) is 9.82. The van der Waals surface area contributed by atoms with E-state index >= 15 is 0 Å². The van der Waals surface area contributed by atoms with E-state index in [2.05, 4.69) is 10.6 Å². The summed E-state index contributed by atoms with van der Waals surface area (Å²) in [7, 11) is 1.48. The number of carbonyl (C=O) groups is 3. The summed E-state index contributed by atoms with van der Waals surface area (Å²) < 4.78 is 10.1. The minimum Gasteiger partial charge on any atom is -0.495 e. The van der Waals surface area contributed by atoms with Gasteiger partial charge in [0, 0.05) is 13.0 Å². The second kappa shape index (κ2) is 12.5. The molecule has 9 nitrogen and oxygen atoms in total. The molecule has 2 aromatic carbocycles. The number of aliphatic hydroxyl groups excluding tert-OH is 1. The van der Waals surface area contributed by atoms with Crippen molar-refractivity contribution in [1.82, 2.24) is 10.6 Å². The van der Waals surface area contributed by atoms with Crippen LogP contribution in [0, 0.1) is 0 Å². The Kier molecular flexibility index (Phi) is 9.77. The molecule has 10 heteroatoms. The lowest BCUT2D eigenvalue weighted by Gasteiger charge is -2.18. The van der Waals surface area contributed by atoms with Gasteiger partial charge < -0.3 is 30.9 Å². The summed E-state index contributed by atoms with van der Waals surface area (Å²) in [5.74, 6) is -0.851. The summed E-state index contributed by atoms with van der Waals surface area (Å²) in [5.41, 5.74) is 6.88. The molecule has 0 aliphatic heterocycles. The first-order chi connectivity index (χ1) is 15.3. The topological polar surface area (TPSA) is 140 Å². The Hall–Kier alpha value is -3.30. The minimum absolute atomic E-state index is 0.0823. The molecule has 0 aromatic heterocycles. The van der Waals surface area contributed by atoms with Gasteiger partial charge in [-0.05, 0) is 23.3 Å². The third kappa shape index (κ3) is 8.44. The van der Waals surface area contributed by atoms with Crippen LogP contribution in [-0.4, -0.2) is 48.8 Å². The highest BCUT2D eigenvalue weighted by atomic mass is 35.5. The summed E-state index contributed by atoms with van der Waals surface area (Å²) in [5, 5.41) is 15.2. The molecule has 2 atom stereocenters. The molecule has 0 heterocycles. The number of benzene rings is 2. The maximum absolute atomic E-state index is 12.2. The normalized spacial score (nSPS) is 12.3. The summed E-state index contributed by atoms with van der Waals surface area (Å²) in [4.78, 5) is 35.7. The molecule has 5 N–H and O–H groups in total. The Balaban J connectivity index is 1.77. The largest absolute Gasteiger partial charge is 0.495 e. The average Bonchev–Trinajstić information content (AvgIpc) is 2.76. The van der Waals surface area contributed by atoms with Gasteiger partial charge in [-0.1, -0.05) is 48.0 Å². The number of primary amides is 1. The van der Waals surface area contributed by atoms with E-state index in [0.29, 0.717) is 16.3 Å². The van der Waals surface area contributed by atoms with E-state index in [9.17, 15) is 19.5 Å². The Bertz CT molecular complexity index is 925. The van der Waals surface area contributed by atoms with Crippen LogP contribution in [-0.2, 0) is 27.4 Å². The van der Waals surface area contributed by atoms with Crippen molar-refractivity contribution in [2.24, 2.45) is 5.73 Å². The van der Waals surface area contributed by atoms with Gasteiger partial charge in [-0.2, -0.15) is 0 Å². The molecule has 0 aliphatic carbocycles. The first-order valence-corrected chi connectivity index (χ1v) is 10.2. The van der Waals surface area contributed by atoms with Crippen LogP contribution in [0.15, 0.2) is 48.5 Å². The molecular weight excluding hydrogens is 438 g/mol. The van der Waals surface area contributed by atoms with Crippen LogP contribution in [0.25, 0.3) is 0 Å². The molecule has 32 heavy (non-hydrogen) atoms. The molecular formula is C22H26ClN3O6. The molecule has 0 aliphatic rings.